The molecule has 34 heavy (non-hydrogen) atoms. The number of aromatic nitrogens is 8. The molecule has 8 nitrogen and oxygen atoms in total. The average molecular weight is 445 g/mol. The summed E-state index contributed by atoms with van der Waals surface area (Å²) in [5.74, 6) is 3.17. The van der Waals surface area contributed by atoms with Gasteiger partial charge in [-0.25, -0.2) is 29.9 Å². The molecular weight excluding hydrogens is 424 g/mol. The number of hydrogen-bond donors (Lipinski definition) is 2. The predicted molar refractivity (Wildman–Crippen MR) is 132 cm³/mol. The molecule has 0 amide bonds. The summed E-state index contributed by atoms with van der Waals surface area (Å²) in [6.07, 6.45) is 12.7. The van der Waals surface area contributed by atoms with Crippen molar-refractivity contribution in [2.45, 2.75) is 12.8 Å². The highest BCUT2D eigenvalue weighted by molar-refractivity contribution is 5.82. The molecule has 0 saturated carbocycles. The lowest BCUT2D eigenvalue weighted by Crippen LogP contribution is -1.86. The Labute approximate surface area is 194 Å². The Balaban J connectivity index is 1.14. The van der Waals surface area contributed by atoms with Crippen LogP contribution in [-0.2, 0) is 6.42 Å². The van der Waals surface area contributed by atoms with Crippen molar-refractivity contribution in [2.24, 2.45) is 0 Å². The van der Waals surface area contributed by atoms with Crippen LogP contribution < -0.4 is 0 Å². The fraction of sp³-hybridized carbons (Fsp3) is 0.0769. The summed E-state index contributed by atoms with van der Waals surface area (Å²) in [4.78, 5) is 33.4. The fourth-order valence-electron chi connectivity index (χ4n) is 3.88. The van der Waals surface area contributed by atoms with Crippen molar-refractivity contribution in [3.05, 3.63) is 91.0 Å². The number of H-pyrrole nitrogens is 2. The Kier molecular flexibility index (Phi) is 5.08. The Morgan fingerprint density at radius 2 is 1.26 bits per heavy atom. The summed E-state index contributed by atoms with van der Waals surface area (Å²) in [5, 5.41) is 0. The minimum Gasteiger partial charge on any atom is -0.342 e. The maximum atomic E-state index is 4.70. The summed E-state index contributed by atoms with van der Waals surface area (Å²) in [7, 11) is 0. The molecule has 2 N–H and O–H groups in total. The van der Waals surface area contributed by atoms with E-state index in [0.717, 1.165) is 57.7 Å². The van der Waals surface area contributed by atoms with Gasteiger partial charge in [0.25, 0.3) is 0 Å². The average Bonchev–Trinajstić information content (AvgIpc) is 3.50. The van der Waals surface area contributed by atoms with Crippen LogP contribution in [-0.4, -0.2) is 39.9 Å². The van der Waals surface area contributed by atoms with Gasteiger partial charge in [-0.2, -0.15) is 0 Å². The van der Waals surface area contributed by atoms with E-state index in [1.165, 1.54) is 0 Å². The molecule has 6 rings (SSSR count). The summed E-state index contributed by atoms with van der Waals surface area (Å²) < 4.78 is 0. The highest BCUT2D eigenvalue weighted by Crippen LogP contribution is 2.22. The smallest absolute Gasteiger partial charge is 0.159 e. The number of aryl methyl sites for hydroxylation is 1. The molecule has 0 aliphatic rings. The molecule has 164 valence electrons. The summed E-state index contributed by atoms with van der Waals surface area (Å²) in [6.45, 7) is 0. The summed E-state index contributed by atoms with van der Waals surface area (Å²) >= 11 is 0. The number of nitrogens with zero attached hydrogens (tertiary/aromatic N) is 6. The highest BCUT2D eigenvalue weighted by Gasteiger charge is 2.07. The molecule has 6 aromatic rings. The van der Waals surface area contributed by atoms with Crippen LogP contribution in [0, 0.1) is 0 Å². The summed E-state index contributed by atoms with van der Waals surface area (Å²) in [6, 6.07) is 15.7. The van der Waals surface area contributed by atoms with E-state index in [9.17, 15) is 0 Å². The zero-order chi connectivity index (χ0) is 22.7. The first-order valence-corrected chi connectivity index (χ1v) is 11.0. The molecule has 4 aromatic heterocycles. The van der Waals surface area contributed by atoms with Crippen LogP contribution in [0.3, 0.4) is 0 Å². The van der Waals surface area contributed by atoms with E-state index in [-0.39, 0.29) is 0 Å². The van der Waals surface area contributed by atoms with E-state index in [0.29, 0.717) is 11.6 Å². The van der Waals surface area contributed by atoms with Gasteiger partial charge in [0, 0.05) is 42.3 Å². The SMILES string of the molecule is C(=C\c1nc2ccc(-c3ncccn3)cc2[nH]1)/CCc1nc2ccc(-c3ncccn3)cc2[nH]1. The second-order valence-electron chi connectivity index (χ2n) is 7.86. The van der Waals surface area contributed by atoms with Gasteiger partial charge in [0.15, 0.2) is 11.6 Å². The molecule has 4 heterocycles. The van der Waals surface area contributed by atoms with Crippen LogP contribution >= 0.6 is 0 Å². The van der Waals surface area contributed by atoms with Crippen LogP contribution in [0.2, 0.25) is 0 Å². The summed E-state index contributed by atoms with van der Waals surface area (Å²) in [5.41, 5.74) is 5.72. The topological polar surface area (TPSA) is 109 Å². The maximum absolute atomic E-state index is 4.70. The number of rotatable bonds is 6. The van der Waals surface area contributed by atoms with Crippen molar-refractivity contribution in [1.29, 1.82) is 0 Å². The molecule has 0 radical (unpaired) electrons. The Morgan fingerprint density at radius 3 is 1.91 bits per heavy atom. The van der Waals surface area contributed by atoms with Gasteiger partial charge < -0.3 is 9.97 Å². The third-order valence-electron chi connectivity index (χ3n) is 5.50. The number of imidazole rings is 2. The Hall–Kier alpha value is -4.72. The van der Waals surface area contributed by atoms with Gasteiger partial charge in [-0.05, 0) is 61.0 Å². The number of fused-ring (bicyclic) bond motifs is 2. The second-order valence-corrected chi connectivity index (χ2v) is 7.86. The van der Waals surface area contributed by atoms with E-state index >= 15 is 0 Å². The Bertz CT molecular complexity index is 1600. The van der Waals surface area contributed by atoms with Crippen molar-refractivity contribution in [1.82, 2.24) is 39.9 Å². The van der Waals surface area contributed by atoms with Crippen LogP contribution in [0.4, 0.5) is 0 Å². The first-order chi connectivity index (χ1) is 16.8. The zero-order valence-corrected chi connectivity index (χ0v) is 18.2. The maximum Gasteiger partial charge on any atom is 0.159 e. The van der Waals surface area contributed by atoms with Crippen molar-refractivity contribution in [3.63, 3.8) is 0 Å². The van der Waals surface area contributed by atoms with Gasteiger partial charge in [0.05, 0.1) is 22.1 Å². The fourth-order valence-corrected chi connectivity index (χ4v) is 3.88. The van der Waals surface area contributed by atoms with Crippen LogP contribution in [0.25, 0.3) is 50.9 Å². The van der Waals surface area contributed by atoms with Crippen LogP contribution in [0.5, 0.6) is 0 Å². The van der Waals surface area contributed by atoms with Gasteiger partial charge in [-0.15, -0.1) is 0 Å². The normalized spacial score (nSPS) is 11.6. The minimum absolute atomic E-state index is 0.699. The number of benzene rings is 2. The third kappa shape index (κ3) is 4.04. The molecule has 2 aromatic carbocycles. The lowest BCUT2D eigenvalue weighted by Gasteiger charge is -1.98. The van der Waals surface area contributed by atoms with Gasteiger partial charge in [0.1, 0.15) is 11.6 Å². The standard InChI is InChI=1S/C26H20N8/c1(5-23-31-19-9-7-17(15-21(19)33-23)25-27-11-3-12-28-25)2-6-24-32-20-10-8-18(16-22(20)34-24)26-29-13-4-14-30-26/h1,3-5,7-16H,2,6H2,(H,31,33)(H,32,34)/b5-1+. The molecule has 0 fully saturated rings. The van der Waals surface area contributed by atoms with Crippen LogP contribution in [0.15, 0.2) is 79.4 Å². The number of nitrogens with one attached hydrogen (secondary N) is 2. The molecule has 0 bridgehead atoms. The first-order valence-electron chi connectivity index (χ1n) is 11.0. The first kappa shape index (κ1) is 19.9. The minimum atomic E-state index is 0.699. The van der Waals surface area contributed by atoms with Crippen molar-refractivity contribution in [3.8, 4) is 22.8 Å². The number of aromatic amines is 2. The van der Waals surface area contributed by atoms with E-state index in [2.05, 4.69) is 41.0 Å². The van der Waals surface area contributed by atoms with E-state index in [1.807, 2.05) is 54.6 Å². The molecule has 8 heteroatoms. The Morgan fingerprint density at radius 1 is 0.676 bits per heavy atom. The molecule has 0 aliphatic heterocycles. The van der Waals surface area contributed by atoms with Gasteiger partial charge in [0.2, 0.25) is 0 Å². The van der Waals surface area contributed by atoms with Gasteiger partial charge in [-0.3, -0.25) is 0 Å². The number of allylic oxidation sites excluding steroid dienone is 1. The quantitative estimate of drug-likeness (QED) is 0.374. The van der Waals surface area contributed by atoms with Crippen LogP contribution in [0.1, 0.15) is 18.1 Å². The van der Waals surface area contributed by atoms with Gasteiger partial charge in [-0.1, -0.05) is 6.08 Å². The van der Waals surface area contributed by atoms with Crippen molar-refractivity contribution >= 4 is 28.1 Å². The highest BCUT2D eigenvalue weighted by atomic mass is 14.9. The molecule has 0 unspecified atom stereocenters. The van der Waals surface area contributed by atoms with E-state index in [4.69, 9.17) is 4.98 Å². The third-order valence-corrected chi connectivity index (χ3v) is 5.50. The molecule has 0 spiro atoms. The lowest BCUT2D eigenvalue weighted by molar-refractivity contribution is 0.918. The second kappa shape index (κ2) is 8.67. The van der Waals surface area contributed by atoms with E-state index in [1.54, 1.807) is 24.8 Å². The monoisotopic (exact) mass is 444 g/mol. The van der Waals surface area contributed by atoms with E-state index < -0.39 is 0 Å². The largest absolute Gasteiger partial charge is 0.342 e. The zero-order valence-electron chi connectivity index (χ0n) is 18.2. The predicted octanol–water partition coefficient (Wildman–Crippen LogP) is 5.00. The molecule has 0 aliphatic carbocycles. The van der Waals surface area contributed by atoms with Gasteiger partial charge >= 0.3 is 0 Å². The van der Waals surface area contributed by atoms with Crippen molar-refractivity contribution < 1.29 is 0 Å². The molecular formula is C26H20N8. The number of hydrogen-bond acceptors (Lipinski definition) is 6. The molecule has 0 atom stereocenters. The van der Waals surface area contributed by atoms with Crippen molar-refractivity contribution in [2.75, 3.05) is 0 Å². The molecule has 0 saturated heterocycles. The lowest BCUT2D eigenvalue weighted by atomic mass is 10.2.